The van der Waals surface area contributed by atoms with Crippen LogP contribution in [-0.4, -0.2) is 42.6 Å². The number of aromatic nitrogens is 1. The summed E-state index contributed by atoms with van der Waals surface area (Å²) in [6, 6.07) is 2.01. The van der Waals surface area contributed by atoms with E-state index in [1.54, 1.807) is 6.20 Å². The molecule has 1 saturated heterocycles. The van der Waals surface area contributed by atoms with Gasteiger partial charge >= 0.3 is 0 Å². The SMILES string of the molecule is CCCN1CCCN(c2ccncc2Cl)CC1. The molecule has 94 valence electrons. The van der Waals surface area contributed by atoms with Crippen molar-refractivity contribution in [1.29, 1.82) is 0 Å². The molecule has 0 aliphatic carbocycles. The van der Waals surface area contributed by atoms with E-state index in [4.69, 9.17) is 11.6 Å². The van der Waals surface area contributed by atoms with Crippen LogP contribution in [0.5, 0.6) is 0 Å². The molecule has 0 N–H and O–H groups in total. The maximum Gasteiger partial charge on any atom is 0.0822 e. The maximum atomic E-state index is 6.19. The topological polar surface area (TPSA) is 19.4 Å². The average Bonchev–Trinajstić information content (AvgIpc) is 2.56. The number of hydrogen-bond acceptors (Lipinski definition) is 3. The van der Waals surface area contributed by atoms with E-state index in [0.29, 0.717) is 0 Å². The van der Waals surface area contributed by atoms with E-state index in [-0.39, 0.29) is 0 Å². The molecule has 0 saturated carbocycles. The van der Waals surface area contributed by atoms with Crippen molar-refractivity contribution in [2.75, 3.05) is 37.6 Å². The first-order valence-electron chi connectivity index (χ1n) is 6.38. The van der Waals surface area contributed by atoms with E-state index in [1.807, 2.05) is 12.3 Å². The molecule has 2 rings (SSSR count). The van der Waals surface area contributed by atoms with Crippen LogP contribution in [0.2, 0.25) is 5.02 Å². The Labute approximate surface area is 108 Å². The lowest BCUT2D eigenvalue weighted by Gasteiger charge is -2.24. The van der Waals surface area contributed by atoms with Crippen molar-refractivity contribution in [3.63, 3.8) is 0 Å². The molecule has 0 spiro atoms. The Kier molecular flexibility index (Phi) is 4.63. The highest BCUT2D eigenvalue weighted by atomic mass is 35.5. The molecule has 3 nitrogen and oxygen atoms in total. The summed E-state index contributed by atoms with van der Waals surface area (Å²) < 4.78 is 0. The van der Waals surface area contributed by atoms with Gasteiger partial charge in [0.1, 0.15) is 0 Å². The standard InChI is InChI=1S/C13H20ClN3/c1-2-6-16-7-3-8-17(10-9-16)13-4-5-15-11-12(13)14/h4-5,11H,2-3,6-10H2,1H3. The van der Waals surface area contributed by atoms with Gasteiger partial charge in [-0.15, -0.1) is 0 Å². The Morgan fingerprint density at radius 2 is 2.18 bits per heavy atom. The maximum absolute atomic E-state index is 6.19. The van der Waals surface area contributed by atoms with Crippen LogP contribution >= 0.6 is 11.6 Å². The summed E-state index contributed by atoms with van der Waals surface area (Å²) in [5.74, 6) is 0. The monoisotopic (exact) mass is 253 g/mol. The molecule has 1 fully saturated rings. The summed E-state index contributed by atoms with van der Waals surface area (Å²) in [7, 11) is 0. The number of anilines is 1. The second kappa shape index (κ2) is 6.22. The van der Waals surface area contributed by atoms with Crippen LogP contribution in [0.25, 0.3) is 0 Å². The van der Waals surface area contributed by atoms with Crippen LogP contribution in [0.1, 0.15) is 19.8 Å². The van der Waals surface area contributed by atoms with Gasteiger partial charge in [-0.1, -0.05) is 18.5 Å². The molecule has 1 aromatic rings. The van der Waals surface area contributed by atoms with E-state index in [2.05, 4.69) is 21.7 Å². The van der Waals surface area contributed by atoms with Crippen LogP contribution in [0.15, 0.2) is 18.5 Å². The lowest BCUT2D eigenvalue weighted by molar-refractivity contribution is 0.294. The first kappa shape index (κ1) is 12.7. The fourth-order valence-corrected chi connectivity index (χ4v) is 2.61. The third-order valence-corrected chi connectivity index (χ3v) is 3.51. The second-order valence-electron chi connectivity index (χ2n) is 4.51. The molecule has 0 aromatic carbocycles. The molecule has 1 aliphatic rings. The highest BCUT2D eigenvalue weighted by molar-refractivity contribution is 6.33. The van der Waals surface area contributed by atoms with Crippen LogP contribution in [0.3, 0.4) is 0 Å². The van der Waals surface area contributed by atoms with Gasteiger partial charge in [0.2, 0.25) is 0 Å². The molecular formula is C13H20ClN3. The third-order valence-electron chi connectivity index (χ3n) is 3.22. The van der Waals surface area contributed by atoms with E-state index in [1.165, 1.54) is 25.9 Å². The van der Waals surface area contributed by atoms with Crippen molar-refractivity contribution < 1.29 is 0 Å². The summed E-state index contributed by atoms with van der Waals surface area (Å²) in [5, 5.41) is 0.761. The van der Waals surface area contributed by atoms with E-state index in [9.17, 15) is 0 Å². The zero-order chi connectivity index (χ0) is 12.1. The van der Waals surface area contributed by atoms with E-state index >= 15 is 0 Å². The minimum absolute atomic E-state index is 0.761. The summed E-state index contributed by atoms with van der Waals surface area (Å²) in [4.78, 5) is 8.95. The quantitative estimate of drug-likeness (QED) is 0.826. The number of hydrogen-bond donors (Lipinski definition) is 0. The number of rotatable bonds is 3. The van der Waals surface area contributed by atoms with Crippen LogP contribution in [0.4, 0.5) is 5.69 Å². The minimum Gasteiger partial charge on any atom is -0.369 e. The van der Waals surface area contributed by atoms with Crippen molar-refractivity contribution in [3.05, 3.63) is 23.5 Å². The lowest BCUT2D eigenvalue weighted by atomic mass is 10.3. The van der Waals surface area contributed by atoms with Crippen molar-refractivity contribution in [1.82, 2.24) is 9.88 Å². The molecule has 0 radical (unpaired) electrons. The van der Waals surface area contributed by atoms with Crippen LogP contribution in [-0.2, 0) is 0 Å². The number of halogens is 1. The van der Waals surface area contributed by atoms with E-state index < -0.39 is 0 Å². The Hall–Kier alpha value is -0.800. The molecule has 1 aliphatic heterocycles. The summed E-state index contributed by atoms with van der Waals surface area (Å²) in [6.45, 7) is 7.92. The minimum atomic E-state index is 0.761. The second-order valence-corrected chi connectivity index (χ2v) is 4.92. The number of pyridine rings is 1. The van der Waals surface area contributed by atoms with Crippen molar-refractivity contribution in [2.45, 2.75) is 19.8 Å². The summed E-state index contributed by atoms with van der Waals surface area (Å²) in [5.41, 5.74) is 1.13. The van der Waals surface area contributed by atoms with Gasteiger partial charge in [-0.25, -0.2) is 0 Å². The van der Waals surface area contributed by atoms with Gasteiger partial charge in [0.15, 0.2) is 0 Å². The van der Waals surface area contributed by atoms with E-state index in [0.717, 1.165) is 30.3 Å². The van der Waals surface area contributed by atoms with Gasteiger partial charge in [-0.3, -0.25) is 4.98 Å². The van der Waals surface area contributed by atoms with Gasteiger partial charge in [0.05, 0.1) is 10.7 Å². The smallest absolute Gasteiger partial charge is 0.0822 e. The zero-order valence-electron chi connectivity index (χ0n) is 10.4. The molecule has 2 heterocycles. The highest BCUT2D eigenvalue weighted by Crippen LogP contribution is 2.25. The lowest BCUT2D eigenvalue weighted by Crippen LogP contribution is -2.31. The molecule has 0 bridgehead atoms. The average molecular weight is 254 g/mol. The number of nitrogens with zero attached hydrogens (tertiary/aromatic N) is 3. The van der Waals surface area contributed by atoms with Crippen LogP contribution < -0.4 is 4.90 Å². The molecule has 1 aromatic heterocycles. The Morgan fingerprint density at radius 3 is 2.94 bits per heavy atom. The van der Waals surface area contributed by atoms with Gasteiger partial charge in [0.25, 0.3) is 0 Å². The van der Waals surface area contributed by atoms with Crippen molar-refractivity contribution in [3.8, 4) is 0 Å². The molecule has 17 heavy (non-hydrogen) atoms. The fraction of sp³-hybridized carbons (Fsp3) is 0.615. The van der Waals surface area contributed by atoms with Gasteiger partial charge in [0, 0.05) is 32.0 Å². The first-order valence-corrected chi connectivity index (χ1v) is 6.76. The summed E-state index contributed by atoms with van der Waals surface area (Å²) >= 11 is 6.19. The molecular weight excluding hydrogens is 234 g/mol. The zero-order valence-corrected chi connectivity index (χ0v) is 11.2. The van der Waals surface area contributed by atoms with Crippen molar-refractivity contribution in [2.24, 2.45) is 0 Å². The fourth-order valence-electron chi connectivity index (χ4n) is 2.38. The van der Waals surface area contributed by atoms with Gasteiger partial charge in [-0.2, -0.15) is 0 Å². The van der Waals surface area contributed by atoms with Gasteiger partial charge in [-0.05, 0) is 32.0 Å². The largest absolute Gasteiger partial charge is 0.369 e. The normalized spacial score (nSPS) is 18.1. The Balaban J connectivity index is 2.01. The Bertz CT molecular complexity index is 356. The molecule has 0 unspecified atom stereocenters. The van der Waals surface area contributed by atoms with Gasteiger partial charge < -0.3 is 9.80 Å². The van der Waals surface area contributed by atoms with Crippen molar-refractivity contribution >= 4 is 17.3 Å². The molecule has 4 heteroatoms. The van der Waals surface area contributed by atoms with Crippen LogP contribution in [0, 0.1) is 0 Å². The molecule has 0 atom stereocenters. The Morgan fingerprint density at radius 1 is 1.29 bits per heavy atom. The predicted molar refractivity (Wildman–Crippen MR) is 72.8 cm³/mol. The summed E-state index contributed by atoms with van der Waals surface area (Å²) in [6.07, 6.45) is 5.98. The molecule has 0 amide bonds. The third kappa shape index (κ3) is 3.33. The first-order chi connectivity index (χ1) is 8.31. The highest BCUT2D eigenvalue weighted by Gasteiger charge is 2.16. The predicted octanol–water partition coefficient (Wildman–Crippen LogP) is 2.66.